The molecule has 0 aliphatic carbocycles. The molecule has 22 heavy (non-hydrogen) atoms. The van der Waals surface area contributed by atoms with Gasteiger partial charge in [-0.25, -0.2) is 0 Å². The third-order valence-electron chi connectivity index (χ3n) is 4.08. The molecule has 2 rings (SSSR count). The molecule has 2 amide bonds. The topological polar surface area (TPSA) is 75.4 Å². The first-order chi connectivity index (χ1) is 10.6. The number of amides is 2. The van der Waals surface area contributed by atoms with E-state index >= 15 is 0 Å². The van der Waals surface area contributed by atoms with Crippen LogP contribution in [0.3, 0.4) is 0 Å². The van der Waals surface area contributed by atoms with Crippen LogP contribution < -0.4 is 11.1 Å². The van der Waals surface area contributed by atoms with Gasteiger partial charge in [-0.15, -0.1) is 0 Å². The highest BCUT2D eigenvalue weighted by Crippen LogP contribution is 2.20. The zero-order valence-corrected chi connectivity index (χ0v) is 13.1. The summed E-state index contributed by atoms with van der Waals surface area (Å²) < 4.78 is 0. The van der Waals surface area contributed by atoms with Crippen LogP contribution in [0.25, 0.3) is 0 Å². The van der Waals surface area contributed by atoms with Crippen molar-refractivity contribution in [1.29, 1.82) is 0 Å². The smallest absolute Gasteiger partial charge is 0.244 e. The zero-order chi connectivity index (χ0) is 15.9. The fraction of sp³-hybridized carbons (Fsp3) is 0.529. The molecule has 1 aliphatic heterocycles. The maximum absolute atomic E-state index is 12.5. The molecule has 1 heterocycles. The molecule has 120 valence electrons. The van der Waals surface area contributed by atoms with Gasteiger partial charge in [0.1, 0.15) is 6.04 Å². The van der Waals surface area contributed by atoms with Gasteiger partial charge >= 0.3 is 0 Å². The Morgan fingerprint density at radius 3 is 2.77 bits per heavy atom. The second-order valence-electron chi connectivity index (χ2n) is 5.80. The first-order valence-electron chi connectivity index (χ1n) is 8.00. The molecular formula is C17H25N3O2. The van der Waals surface area contributed by atoms with Crippen LogP contribution in [0.15, 0.2) is 30.3 Å². The first kappa shape index (κ1) is 16.5. The second kappa shape index (κ2) is 7.94. The van der Waals surface area contributed by atoms with E-state index in [-0.39, 0.29) is 17.7 Å². The van der Waals surface area contributed by atoms with Crippen LogP contribution in [-0.2, 0) is 9.59 Å². The lowest BCUT2D eigenvalue weighted by atomic mass is 9.95. The third-order valence-corrected chi connectivity index (χ3v) is 4.08. The SMILES string of the molecule is CCCNC(=O)C1CCCN(C(=O)C(N)c2ccccc2)C1. The van der Waals surface area contributed by atoms with Crippen molar-refractivity contribution >= 4 is 11.8 Å². The van der Waals surface area contributed by atoms with Crippen molar-refractivity contribution < 1.29 is 9.59 Å². The third kappa shape index (κ3) is 4.07. The van der Waals surface area contributed by atoms with E-state index in [1.165, 1.54) is 0 Å². The molecule has 1 aromatic carbocycles. The number of carbonyl (C=O) groups is 2. The fourth-order valence-corrected chi connectivity index (χ4v) is 2.78. The van der Waals surface area contributed by atoms with Crippen molar-refractivity contribution in [3.8, 4) is 0 Å². The standard InChI is InChI=1S/C17H25N3O2/c1-2-10-19-16(21)14-9-6-11-20(12-14)17(22)15(18)13-7-4-3-5-8-13/h3-5,7-8,14-15H,2,6,9-12,18H2,1H3,(H,19,21). The number of hydrogen-bond acceptors (Lipinski definition) is 3. The van der Waals surface area contributed by atoms with E-state index in [2.05, 4.69) is 5.32 Å². The van der Waals surface area contributed by atoms with Crippen molar-refractivity contribution in [1.82, 2.24) is 10.2 Å². The van der Waals surface area contributed by atoms with Crippen molar-refractivity contribution in [3.05, 3.63) is 35.9 Å². The average Bonchev–Trinajstić information content (AvgIpc) is 2.59. The summed E-state index contributed by atoms with van der Waals surface area (Å²) in [5.74, 6) is -0.168. The minimum absolute atomic E-state index is 0.0487. The number of nitrogens with two attached hydrogens (primary N) is 1. The Hall–Kier alpha value is -1.88. The van der Waals surface area contributed by atoms with Gasteiger partial charge in [-0.3, -0.25) is 9.59 Å². The number of rotatable bonds is 5. The Bertz CT molecular complexity index is 504. The van der Waals surface area contributed by atoms with Gasteiger partial charge < -0.3 is 16.0 Å². The summed E-state index contributed by atoms with van der Waals surface area (Å²) in [6.07, 6.45) is 2.59. The Kier molecular flexibility index (Phi) is 5.95. The number of likely N-dealkylation sites (tertiary alicyclic amines) is 1. The van der Waals surface area contributed by atoms with Crippen molar-refractivity contribution in [2.24, 2.45) is 11.7 Å². The van der Waals surface area contributed by atoms with E-state index < -0.39 is 6.04 Å². The monoisotopic (exact) mass is 303 g/mol. The molecule has 5 heteroatoms. The lowest BCUT2D eigenvalue weighted by Gasteiger charge is -2.33. The van der Waals surface area contributed by atoms with E-state index in [0.29, 0.717) is 19.6 Å². The Morgan fingerprint density at radius 1 is 1.36 bits per heavy atom. The summed E-state index contributed by atoms with van der Waals surface area (Å²) in [6, 6.07) is 8.71. The predicted octanol–water partition coefficient (Wildman–Crippen LogP) is 1.45. The Labute approximate surface area is 131 Å². The number of nitrogens with one attached hydrogen (secondary N) is 1. The predicted molar refractivity (Wildman–Crippen MR) is 86.0 cm³/mol. The summed E-state index contributed by atoms with van der Waals surface area (Å²) in [5, 5.41) is 2.91. The van der Waals surface area contributed by atoms with Gasteiger partial charge in [0.25, 0.3) is 0 Å². The molecule has 0 bridgehead atoms. The fourth-order valence-electron chi connectivity index (χ4n) is 2.78. The van der Waals surface area contributed by atoms with E-state index in [4.69, 9.17) is 5.73 Å². The van der Waals surface area contributed by atoms with Gasteiger partial charge in [0.15, 0.2) is 0 Å². The molecule has 0 spiro atoms. The van der Waals surface area contributed by atoms with Gasteiger partial charge in [-0.2, -0.15) is 0 Å². The minimum Gasteiger partial charge on any atom is -0.356 e. The van der Waals surface area contributed by atoms with Crippen LogP contribution in [0.4, 0.5) is 0 Å². The maximum atomic E-state index is 12.5. The first-order valence-corrected chi connectivity index (χ1v) is 8.00. The number of piperidine rings is 1. The summed E-state index contributed by atoms with van der Waals surface area (Å²) in [5.41, 5.74) is 6.89. The van der Waals surface area contributed by atoms with Crippen molar-refractivity contribution in [2.75, 3.05) is 19.6 Å². The number of benzene rings is 1. The molecule has 2 unspecified atom stereocenters. The van der Waals surface area contributed by atoms with Gasteiger partial charge in [-0.1, -0.05) is 37.3 Å². The zero-order valence-electron chi connectivity index (χ0n) is 13.1. The average molecular weight is 303 g/mol. The largest absolute Gasteiger partial charge is 0.356 e. The summed E-state index contributed by atoms with van der Waals surface area (Å²) in [7, 11) is 0. The number of nitrogens with zero attached hydrogens (tertiary/aromatic N) is 1. The normalized spacial score (nSPS) is 19.5. The highest BCUT2D eigenvalue weighted by Gasteiger charge is 2.30. The van der Waals surface area contributed by atoms with Gasteiger partial charge in [0, 0.05) is 19.6 Å². The molecule has 1 aromatic rings. The van der Waals surface area contributed by atoms with Crippen LogP contribution in [0.5, 0.6) is 0 Å². The van der Waals surface area contributed by atoms with E-state index in [0.717, 1.165) is 24.8 Å². The molecule has 5 nitrogen and oxygen atoms in total. The molecule has 1 aliphatic rings. The van der Waals surface area contributed by atoms with Crippen LogP contribution in [0, 0.1) is 5.92 Å². The minimum atomic E-state index is -0.654. The highest BCUT2D eigenvalue weighted by molar-refractivity contribution is 5.85. The molecule has 1 fully saturated rings. The molecular weight excluding hydrogens is 278 g/mol. The lowest BCUT2D eigenvalue weighted by molar-refractivity contribution is -0.137. The van der Waals surface area contributed by atoms with Crippen LogP contribution in [0.2, 0.25) is 0 Å². The number of hydrogen-bond donors (Lipinski definition) is 2. The van der Waals surface area contributed by atoms with E-state index in [1.807, 2.05) is 37.3 Å². The molecule has 2 atom stereocenters. The highest BCUT2D eigenvalue weighted by atomic mass is 16.2. The molecule has 1 saturated heterocycles. The number of carbonyl (C=O) groups excluding carboxylic acids is 2. The maximum Gasteiger partial charge on any atom is 0.244 e. The second-order valence-corrected chi connectivity index (χ2v) is 5.80. The summed E-state index contributed by atoms with van der Waals surface area (Å²) in [6.45, 7) is 3.86. The van der Waals surface area contributed by atoms with Crippen LogP contribution in [0.1, 0.15) is 37.8 Å². The molecule has 0 aromatic heterocycles. The lowest BCUT2D eigenvalue weighted by Crippen LogP contribution is -2.48. The Balaban J connectivity index is 1.96. The quantitative estimate of drug-likeness (QED) is 0.864. The van der Waals surface area contributed by atoms with E-state index in [1.54, 1.807) is 4.90 Å². The molecule has 3 N–H and O–H groups in total. The summed E-state index contributed by atoms with van der Waals surface area (Å²) in [4.78, 5) is 26.4. The van der Waals surface area contributed by atoms with Crippen molar-refractivity contribution in [2.45, 2.75) is 32.2 Å². The summed E-state index contributed by atoms with van der Waals surface area (Å²) >= 11 is 0. The van der Waals surface area contributed by atoms with Gasteiger partial charge in [0.05, 0.1) is 5.92 Å². The van der Waals surface area contributed by atoms with Crippen LogP contribution in [-0.4, -0.2) is 36.3 Å². The molecule has 0 saturated carbocycles. The molecule has 0 radical (unpaired) electrons. The van der Waals surface area contributed by atoms with E-state index in [9.17, 15) is 9.59 Å². The van der Waals surface area contributed by atoms with Gasteiger partial charge in [0.2, 0.25) is 11.8 Å². The van der Waals surface area contributed by atoms with Gasteiger partial charge in [-0.05, 0) is 24.8 Å². The van der Waals surface area contributed by atoms with Crippen molar-refractivity contribution in [3.63, 3.8) is 0 Å². The Morgan fingerprint density at radius 2 is 2.09 bits per heavy atom. The van der Waals surface area contributed by atoms with Crippen LogP contribution >= 0.6 is 0 Å².